The molecule has 0 amide bonds. The molecule has 0 radical (unpaired) electrons. The average Bonchev–Trinajstić information content (AvgIpc) is 2.68. The topological polar surface area (TPSA) is 59.2 Å². The number of aliphatic hydroxyl groups is 1. The van der Waals surface area contributed by atoms with Crippen LogP contribution in [0.15, 0.2) is 4.52 Å². The molecule has 1 fully saturated rings. The second-order valence-corrected chi connectivity index (χ2v) is 5.33. The molecule has 0 saturated carbocycles. The summed E-state index contributed by atoms with van der Waals surface area (Å²) in [6, 6.07) is 0. The summed E-state index contributed by atoms with van der Waals surface area (Å²) in [6.45, 7) is 1.63. The molecule has 2 unspecified atom stereocenters. The minimum atomic E-state index is -0.662. The monoisotopic (exact) mass is 228 g/mol. The van der Waals surface area contributed by atoms with Crippen molar-refractivity contribution in [3.05, 3.63) is 11.7 Å². The summed E-state index contributed by atoms with van der Waals surface area (Å²) < 4.78 is 4.95. The van der Waals surface area contributed by atoms with E-state index in [1.54, 1.807) is 6.92 Å². The van der Waals surface area contributed by atoms with Gasteiger partial charge in [-0.05, 0) is 25.5 Å². The summed E-state index contributed by atoms with van der Waals surface area (Å²) in [5.41, 5.74) is 0. The van der Waals surface area contributed by atoms with E-state index in [0.29, 0.717) is 11.1 Å². The molecule has 0 bridgehead atoms. The molecule has 84 valence electrons. The Balaban J connectivity index is 1.91. The first-order chi connectivity index (χ1) is 7.25. The number of hydrogen-bond donors (Lipinski definition) is 1. The highest BCUT2D eigenvalue weighted by molar-refractivity contribution is 7.99. The van der Waals surface area contributed by atoms with Crippen LogP contribution in [-0.2, 0) is 6.42 Å². The predicted molar refractivity (Wildman–Crippen MR) is 58.7 cm³/mol. The van der Waals surface area contributed by atoms with E-state index >= 15 is 0 Å². The Morgan fingerprint density at radius 2 is 2.47 bits per heavy atom. The van der Waals surface area contributed by atoms with E-state index in [2.05, 4.69) is 10.1 Å². The third-order valence-electron chi connectivity index (χ3n) is 2.53. The summed E-state index contributed by atoms with van der Waals surface area (Å²) >= 11 is 1.99. The van der Waals surface area contributed by atoms with Crippen molar-refractivity contribution < 1.29 is 9.63 Å². The molecule has 15 heavy (non-hydrogen) atoms. The first kappa shape index (κ1) is 11.0. The van der Waals surface area contributed by atoms with Crippen molar-refractivity contribution in [3.63, 3.8) is 0 Å². The van der Waals surface area contributed by atoms with E-state index in [4.69, 9.17) is 4.52 Å². The second kappa shape index (κ2) is 4.99. The number of thioether (sulfide) groups is 1. The molecule has 4 nitrogen and oxygen atoms in total. The van der Waals surface area contributed by atoms with Gasteiger partial charge in [0.25, 0.3) is 5.89 Å². The molecule has 1 saturated heterocycles. The van der Waals surface area contributed by atoms with E-state index < -0.39 is 6.10 Å². The van der Waals surface area contributed by atoms with E-state index in [1.165, 1.54) is 25.0 Å². The fourth-order valence-electron chi connectivity index (χ4n) is 1.69. The maximum Gasteiger partial charge on any atom is 0.255 e. The van der Waals surface area contributed by atoms with Gasteiger partial charge in [0.05, 0.1) is 0 Å². The normalized spacial score (nSPS) is 24.0. The third-order valence-corrected chi connectivity index (χ3v) is 3.92. The Bertz CT molecular complexity index is 308. The fourth-order valence-corrected chi connectivity index (χ4v) is 3.00. The largest absolute Gasteiger partial charge is 0.384 e. The smallest absolute Gasteiger partial charge is 0.255 e. The van der Waals surface area contributed by atoms with Gasteiger partial charge in [-0.2, -0.15) is 16.7 Å². The van der Waals surface area contributed by atoms with Crippen molar-refractivity contribution in [1.29, 1.82) is 0 Å². The van der Waals surface area contributed by atoms with Crippen molar-refractivity contribution >= 4 is 11.8 Å². The van der Waals surface area contributed by atoms with E-state index in [1.807, 2.05) is 11.8 Å². The van der Waals surface area contributed by atoms with Gasteiger partial charge < -0.3 is 9.63 Å². The van der Waals surface area contributed by atoms with Crippen LogP contribution in [0, 0.1) is 0 Å². The van der Waals surface area contributed by atoms with Crippen LogP contribution >= 0.6 is 11.8 Å². The number of aliphatic hydroxyl groups excluding tert-OH is 1. The van der Waals surface area contributed by atoms with Gasteiger partial charge in [-0.3, -0.25) is 0 Å². The maximum absolute atomic E-state index is 9.24. The molecule has 2 heterocycles. The zero-order chi connectivity index (χ0) is 10.7. The highest BCUT2D eigenvalue weighted by Crippen LogP contribution is 2.27. The Morgan fingerprint density at radius 1 is 1.60 bits per heavy atom. The SMILES string of the molecule is CC(O)c1nc(CC2CCCCS2)no1. The van der Waals surface area contributed by atoms with Crippen LogP contribution in [0.5, 0.6) is 0 Å². The molecule has 1 N–H and O–H groups in total. The molecular weight excluding hydrogens is 212 g/mol. The summed E-state index contributed by atoms with van der Waals surface area (Å²) in [5, 5.41) is 13.7. The van der Waals surface area contributed by atoms with E-state index in [0.717, 1.165) is 12.2 Å². The van der Waals surface area contributed by atoms with Crippen LogP contribution in [0.3, 0.4) is 0 Å². The molecule has 1 aromatic heterocycles. The van der Waals surface area contributed by atoms with Gasteiger partial charge in [-0.15, -0.1) is 0 Å². The lowest BCUT2D eigenvalue weighted by Crippen LogP contribution is -2.13. The molecule has 2 atom stereocenters. The highest BCUT2D eigenvalue weighted by Gasteiger charge is 2.18. The Labute approximate surface area is 93.4 Å². The average molecular weight is 228 g/mol. The zero-order valence-corrected chi connectivity index (χ0v) is 9.66. The molecule has 2 rings (SSSR count). The number of nitrogens with zero attached hydrogens (tertiary/aromatic N) is 2. The molecule has 0 aliphatic carbocycles. The molecule has 1 aliphatic rings. The number of hydrogen-bond acceptors (Lipinski definition) is 5. The second-order valence-electron chi connectivity index (χ2n) is 3.92. The van der Waals surface area contributed by atoms with Crippen molar-refractivity contribution in [2.45, 2.75) is 44.0 Å². The maximum atomic E-state index is 9.24. The Morgan fingerprint density at radius 3 is 3.07 bits per heavy atom. The van der Waals surface area contributed by atoms with Crippen LogP contribution in [0.1, 0.15) is 44.0 Å². The standard InChI is InChI=1S/C10H16N2O2S/c1-7(13)10-11-9(12-14-10)6-8-4-2-3-5-15-8/h7-8,13H,2-6H2,1H3. The van der Waals surface area contributed by atoms with Crippen LogP contribution in [0.2, 0.25) is 0 Å². The van der Waals surface area contributed by atoms with E-state index in [-0.39, 0.29) is 0 Å². The third kappa shape index (κ3) is 2.95. The Kier molecular flexibility index (Phi) is 3.64. The van der Waals surface area contributed by atoms with Gasteiger partial charge in [0, 0.05) is 11.7 Å². The number of rotatable bonds is 3. The van der Waals surface area contributed by atoms with Gasteiger partial charge in [-0.25, -0.2) is 0 Å². The lowest BCUT2D eigenvalue weighted by molar-refractivity contribution is 0.151. The van der Waals surface area contributed by atoms with E-state index in [9.17, 15) is 5.11 Å². The van der Waals surface area contributed by atoms with Gasteiger partial charge in [0.1, 0.15) is 6.10 Å². The molecule has 0 aromatic carbocycles. The van der Waals surface area contributed by atoms with Crippen molar-refractivity contribution in [1.82, 2.24) is 10.1 Å². The first-order valence-electron chi connectivity index (χ1n) is 5.38. The molecule has 1 aliphatic heterocycles. The van der Waals surface area contributed by atoms with Crippen LogP contribution in [0.25, 0.3) is 0 Å². The molecule has 1 aromatic rings. The minimum absolute atomic E-state index is 0.325. The summed E-state index contributed by atoms with van der Waals surface area (Å²) in [4.78, 5) is 4.16. The van der Waals surface area contributed by atoms with Crippen LogP contribution < -0.4 is 0 Å². The van der Waals surface area contributed by atoms with Gasteiger partial charge >= 0.3 is 0 Å². The highest BCUT2D eigenvalue weighted by atomic mass is 32.2. The first-order valence-corrected chi connectivity index (χ1v) is 6.42. The fraction of sp³-hybridized carbons (Fsp3) is 0.800. The van der Waals surface area contributed by atoms with Gasteiger partial charge in [0.15, 0.2) is 5.82 Å². The summed E-state index contributed by atoms with van der Waals surface area (Å²) in [7, 11) is 0. The summed E-state index contributed by atoms with van der Waals surface area (Å²) in [5.74, 6) is 2.29. The molecule has 0 spiro atoms. The Hall–Kier alpha value is -0.550. The van der Waals surface area contributed by atoms with Crippen molar-refractivity contribution in [3.8, 4) is 0 Å². The predicted octanol–water partition coefficient (Wildman–Crippen LogP) is 1.95. The minimum Gasteiger partial charge on any atom is -0.384 e. The molecule has 5 heteroatoms. The van der Waals surface area contributed by atoms with Crippen molar-refractivity contribution in [2.75, 3.05) is 5.75 Å². The summed E-state index contributed by atoms with van der Waals surface area (Å²) in [6.07, 6.45) is 4.07. The van der Waals surface area contributed by atoms with Gasteiger partial charge in [-0.1, -0.05) is 11.6 Å². The van der Waals surface area contributed by atoms with Crippen LogP contribution in [0.4, 0.5) is 0 Å². The quantitative estimate of drug-likeness (QED) is 0.857. The van der Waals surface area contributed by atoms with Crippen molar-refractivity contribution in [2.24, 2.45) is 0 Å². The van der Waals surface area contributed by atoms with Gasteiger partial charge in [0.2, 0.25) is 0 Å². The number of aromatic nitrogens is 2. The zero-order valence-electron chi connectivity index (χ0n) is 8.85. The molecular formula is C10H16N2O2S. The lowest BCUT2D eigenvalue weighted by atomic mass is 10.1. The lowest BCUT2D eigenvalue weighted by Gasteiger charge is -2.19. The van der Waals surface area contributed by atoms with Crippen LogP contribution in [-0.4, -0.2) is 26.2 Å².